The molecule has 7 rings (SSSR count). The third-order valence-electron chi connectivity index (χ3n) is 9.51. The van der Waals surface area contributed by atoms with E-state index in [0.717, 1.165) is 29.7 Å². The van der Waals surface area contributed by atoms with Crippen molar-refractivity contribution in [3.8, 4) is 5.75 Å². The van der Waals surface area contributed by atoms with Gasteiger partial charge in [0.2, 0.25) is 0 Å². The van der Waals surface area contributed by atoms with Crippen molar-refractivity contribution in [2.45, 2.75) is 50.5 Å². The molecule has 0 radical (unpaired) electrons. The fourth-order valence-corrected chi connectivity index (χ4v) is 7.41. The minimum atomic E-state index is -4.94. The minimum absolute atomic E-state index is 0. The highest BCUT2D eigenvalue weighted by Crippen LogP contribution is 2.50. The lowest BCUT2D eigenvalue weighted by atomic mass is 9.71. The average Bonchev–Trinajstić information content (AvgIpc) is 3.01. The van der Waals surface area contributed by atoms with E-state index in [1.165, 1.54) is 0 Å². The molecule has 3 fully saturated rings. The summed E-state index contributed by atoms with van der Waals surface area (Å²) in [6.07, 6.45) is -5.55. The van der Waals surface area contributed by atoms with Crippen molar-refractivity contribution >= 4 is 10.9 Å². The maximum atomic E-state index is 13.9. The molecule has 3 aliphatic heterocycles. The van der Waals surface area contributed by atoms with Crippen LogP contribution in [0.5, 0.6) is 5.75 Å². The first-order valence-corrected chi connectivity index (χ1v) is 14.9. The van der Waals surface area contributed by atoms with Gasteiger partial charge in [-0.2, -0.15) is 26.3 Å². The number of alkyl halides is 6. The number of ether oxygens (including phenoxy) is 1. The average molecular weight is 708 g/mol. The first-order valence-electron chi connectivity index (χ1n) is 14.9. The summed E-state index contributed by atoms with van der Waals surface area (Å²) in [5, 5.41) is 11.1. The maximum Gasteiger partial charge on any atom is 0.416 e. The van der Waals surface area contributed by atoms with Crippen LogP contribution in [0.2, 0.25) is 0 Å². The molecule has 3 saturated heterocycles. The van der Waals surface area contributed by atoms with Gasteiger partial charge in [-0.05, 0) is 59.5 Å². The second-order valence-electron chi connectivity index (χ2n) is 12.3. The Morgan fingerprint density at radius 1 is 0.935 bits per heavy atom. The number of pyridine rings is 1. The molecule has 1 N–H and O–H groups in total. The first kappa shape index (κ1) is 33.9. The summed E-state index contributed by atoms with van der Waals surface area (Å²) in [7, 11) is 0. The largest absolute Gasteiger partial charge is 1.00 e. The summed E-state index contributed by atoms with van der Waals surface area (Å²) >= 11 is 0. The van der Waals surface area contributed by atoms with Crippen LogP contribution in [-0.4, -0.2) is 33.7 Å². The molecule has 2 bridgehead atoms. The van der Waals surface area contributed by atoms with Crippen LogP contribution in [0.3, 0.4) is 0 Å². The molecule has 3 aliphatic rings. The van der Waals surface area contributed by atoms with Crippen LogP contribution in [-0.2, 0) is 30.2 Å². The summed E-state index contributed by atoms with van der Waals surface area (Å²) in [6, 6.07) is 17.8. The molecule has 1 unspecified atom stereocenters. The molecule has 4 nitrogen and oxygen atoms in total. The number of hydrogen-bond donors (Lipinski definition) is 1. The summed E-state index contributed by atoms with van der Waals surface area (Å²) in [5.74, 6) is 0.336. The lowest BCUT2D eigenvalue weighted by Crippen LogP contribution is -3.00. The van der Waals surface area contributed by atoms with Gasteiger partial charge in [0.1, 0.15) is 24.4 Å². The number of piperidine rings is 3. The number of rotatable bonds is 8. The number of phenolic OH excluding ortho intramolecular Hbond substituents is 1. The molecule has 4 aromatic rings. The quantitative estimate of drug-likeness (QED) is 0.142. The number of fused-ring (bicyclic) bond motifs is 4. The van der Waals surface area contributed by atoms with Crippen LogP contribution in [0.15, 0.2) is 91.6 Å². The van der Waals surface area contributed by atoms with Crippen molar-refractivity contribution in [3.63, 3.8) is 0 Å². The molecular weight excluding hydrogens is 674 g/mol. The van der Waals surface area contributed by atoms with E-state index in [9.17, 15) is 31.4 Å². The van der Waals surface area contributed by atoms with Gasteiger partial charge in [-0.1, -0.05) is 36.4 Å². The van der Waals surface area contributed by atoms with Crippen LogP contribution in [0.4, 0.5) is 26.3 Å². The molecule has 0 aliphatic carbocycles. The predicted octanol–water partition coefficient (Wildman–Crippen LogP) is 5.85. The minimum Gasteiger partial charge on any atom is -1.00 e. The Balaban J connectivity index is 0.00000417. The molecule has 0 spiro atoms. The Morgan fingerprint density at radius 2 is 1.63 bits per heavy atom. The summed E-state index contributed by atoms with van der Waals surface area (Å²) < 4.78 is 90.1. The molecule has 0 saturated carbocycles. The van der Waals surface area contributed by atoms with Gasteiger partial charge < -0.3 is 31.3 Å². The Labute approximate surface area is 273 Å². The monoisotopic (exact) mass is 706 g/mol. The van der Waals surface area contributed by atoms with Crippen molar-refractivity contribution in [3.05, 3.63) is 119 Å². The van der Waals surface area contributed by atoms with Crippen LogP contribution in [0, 0.1) is 11.8 Å². The van der Waals surface area contributed by atoms with Gasteiger partial charge in [-0.25, -0.2) is 0 Å². The molecule has 1 aromatic heterocycles. The molecule has 3 aromatic carbocycles. The van der Waals surface area contributed by atoms with Crippen molar-refractivity contribution in [2.75, 3.05) is 13.1 Å². The Kier molecular flexibility index (Phi) is 9.59. The third kappa shape index (κ3) is 6.82. The Bertz CT molecular complexity index is 1660. The first-order chi connectivity index (χ1) is 21.4. The van der Waals surface area contributed by atoms with E-state index in [2.05, 4.69) is 11.6 Å². The number of benzene rings is 3. The highest BCUT2D eigenvalue weighted by atomic mass is 79.9. The summed E-state index contributed by atoms with van der Waals surface area (Å²) in [5.41, 5.74) is -0.342. The zero-order valence-corrected chi connectivity index (χ0v) is 26.3. The van der Waals surface area contributed by atoms with Gasteiger partial charge >= 0.3 is 12.4 Å². The van der Waals surface area contributed by atoms with E-state index in [0.29, 0.717) is 30.4 Å². The number of phenols is 1. The fourth-order valence-electron chi connectivity index (χ4n) is 7.41. The van der Waals surface area contributed by atoms with E-state index in [1.807, 2.05) is 42.5 Å². The maximum absolute atomic E-state index is 13.9. The van der Waals surface area contributed by atoms with Crippen molar-refractivity contribution in [1.29, 1.82) is 0 Å². The lowest BCUT2D eigenvalue weighted by Gasteiger charge is -2.58. The lowest BCUT2D eigenvalue weighted by molar-refractivity contribution is -0.985. The van der Waals surface area contributed by atoms with Gasteiger partial charge in [0.15, 0.2) is 0 Å². The van der Waals surface area contributed by atoms with E-state index in [-0.39, 0.29) is 69.9 Å². The van der Waals surface area contributed by atoms with Crippen molar-refractivity contribution in [2.24, 2.45) is 11.8 Å². The van der Waals surface area contributed by atoms with Crippen LogP contribution < -0.4 is 17.0 Å². The Hall–Kier alpha value is -3.41. The topological polar surface area (TPSA) is 42.4 Å². The number of quaternary nitrogens is 1. The zero-order chi connectivity index (χ0) is 32.0. The normalized spacial score (nSPS) is 23.6. The second-order valence-corrected chi connectivity index (χ2v) is 12.3. The third-order valence-corrected chi connectivity index (χ3v) is 9.51. The SMILES string of the molecule is C=C[C@H]1C[N+]2(Cc3cc(C(F)(F)F)cc(C(F)(F)F)c3)CC[C@H]1C[C@@H]2[C@@H](OCc1ccccc1)c1ccnc2ccc(O)cc12.[Br-]. The van der Waals surface area contributed by atoms with E-state index in [1.54, 1.807) is 24.4 Å². The summed E-state index contributed by atoms with van der Waals surface area (Å²) in [4.78, 5) is 4.45. The standard InChI is InChI=1S/C35H32F6N2O2.BrH/c1-2-24-20-43(19-23-14-26(34(36,37)38)17-27(15-23)35(39,40)41)13-11-25(24)16-32(43)33(45-21-22-6-4-3-5-7-22)29-10-12-42-31-9-8-28(44)18-30(29)31;/h2-10,12,14-15,17-18,24-25,32-33H,1,11,13,16,19-21H2;1H/t24-,25-,32+,33-,43?;/m0./s1. The molecular formula is C35H33BrF6N2O2. The second kappa shape index (κ2) is 13.0. The smallest absolute Gasteiger partial charge is 0.416 e. The van der Waals surface area contributed by atoms with Gasteiger partial charge in [0.25, 0.3) is 0 Å². The zero-order valence-electron chi connectivity index (χ0n) is 24.7. The van der Waals surface area contributed by atoms with Crippen molar-refractivity contribution < 1.29 is 57.7 Å². The molecule has 11 heteroatoms. The van der Waals surface area contributed by atoms with Gasteiger partial charge in [-0.15, -0.1) is 6.58 Å². The highest BCUT2D eigenvalue weighted by molar-refractivity contribution is 5.83. The van der Waals surface area contributed by atoms with Crippen LogP contribution in [0.25, 0.3) is 10.9 Å². The highest BCUT2D eigenvalue weighted by Gasteiger charge is 2.55. The molecule has 0 amide bonds. The van der Waals surface area contributed by atoms with E-state index >= 15 is 0 Å². The molecule has 5 atom stereocenters. The molecule has 244 valence electrons. The molecule has 46 heavy (non-hydrogen) atoms. The van der Waals surface area contributed by atoms with Crippen LogP contribution in [0.1, 0.15) is 46.8 Å². The van der Waals surface area contributed by atoms with Crippen LogP contribution >= 0.6 is 0 Å². The molecule has 4 heterocycles. The number of halogens is 7. The van der Waals surface area contributed by atoms with E-state index < -0.39 is 29.6 Å². The number of nitrogens with zero attached hydrogens (tertiary/aromatic N) is 2. The fraction of sp³-hybridized carbons (Fsp3) is 0.343. The van der Waals surface area contributed by atoms with Gasteiger partial charge in [-0.3, -0.25) is 4.98 Å². The number of hydrogen-bond acceptors (Lipinski definition) is 3. The van der Waals surface area contributed by atoms with Gasteiger partial charge in [0, 0.05) is 35.9 Å². The predicted molar refractivity (Wildman–Crippen MR) is 158 cm³/mol. The number of aromatic hydroxyl groups is 1. The van der Waals surface area contributed by atoms with Crippen molar-refractivity contribution in [1.82, 2.24) is 4.98 Å². The van der Waals surface area contributed by atoms with Gasteiger partial charge in [0.05, 0.1) is 36.3 Å². The Morgan fingerprint density at radius 3 is 2.28 bits per heavy atom. The van der Waals surface area contributed by atoms with E-state index in [4.69, 9.17) is 4.74 Å². The summed E-state index contributed by atoms with van der Waals surface area (Å²) in [6.45, 7) is 5.29. The number of aromatic nitrogens is 1.